The molecule has 1 N–H and O–H groups in total. The Hall–Kier alpha value is -2.25. The molecule has 2 heterocycles. The first kappa shape index (κ1) is 13.2. The van der Waals surface area contributed by atoms with Gasteiger partial charge in [0.15, 0.2) is 11.5 Å². The van der Waals surface area contributed by atoms with Crippen molar-refractivity contribution in [3.8, 4) is 0 Å². The summed E-state index contributed by atoms with van der Waals surface area (Å²) in [5.74, 6) is -0.146. The third-order valence-electron chi connectivity index (χ3n) is 2.61. The lowest BCUT2D eigenvalue weighted by Gasteiger charge is -2.02. The fraction of sp³-hybridized carbons (Fsp3) is 0.364. The second-order valence-corrected chi connectivity index (χ2v) is 4.05. The Morgan fingerprint density at radius 3 is 2.58 bits per heavy atom. The summed E-state index contributed by atoms with van der Waals surface area (Å²) in [5, 5.41) is 9.77. The Kier molecular flexibility index (Phi) is 3.32. The summed E-state index contributed by atoms with van der Waals surface area (Å²) in [4.78, 5) is 11.9. The number of nitrogens with zero attached hydrogens (tertiary/aromatic N) is 3. The zero-order chi connectivity index (χ0) is 14.2. The van der Waals surface area contributed by atoms with Gasteiger partial charge in [-0.3, -0.25) is 4.79 Å². The van der Waals surface area contributed by atoms with Crippen molar-refractivity contribution in [1.82, 2.24) is 14.9 Å². The van der Waals surface area contributed by atoms with Crippen LogP contribution in [0.3, 0.4) is 0 Å². The molecule has 6 nitrogen and oxygen atoms in total. The number of rotatable bonds is 3. The van der Waals surface area contributed by atoms with E-state index in [0.717, 1.165) is 0 Å². The number of carbonyl (C=O) groups excluding carboxylic acids is 1. The number of hydrogen-bond acceptors (Lipinski definition) is 4. The van der Waals surface area contributed by atoms with Gasteiger partial charge in [-0.05, 0) is 26.8 Å². The van der Waals surface area contributed by atoms with Crippen LogP contribution >= 0.6 is 0 Å². The Bertz CT molecular complexity index is 599. The molecule has 8 heteroatoms. The summed E-state index contributed by atoms with van der Waals surface area (Å²) in [5.41, 5.74) is 1.06. The van der Waals surface area contributed by atoms with Crippen LogP contribution in [0.1, 0.15) is 34.2 Å². The number of amides is 1. The van der Waals surface area contributed by atoms with Gasteiger partial charge in [0, 0.05) is 5.69 Å². The van der Waals surface area contributed by atoms with Crippen LogP contribution in [0.2, 0.25) is 0 Å². The third-order valence-corrected chi connectivity index (χ3v) is 2.61. The van der Waals surface area contributed by atoms with Gasteiger partial charge >= 0.3 is 6.55 Å². The van der Waals surface area contributed by atoms with Gasteiger partial charge in [0.2, 0.25) is 0 Å². The molecule has 0 unspecified atom stereocenters. The van der Waals surface area contributed by atoms with E-state index in [9.17, 15) is 13.6 Å². The number of aromatic nitrogens is 3. The third kappa shape index (κ3) is 2.47. The second kappa shape index (κ2) is 4.79. The average Bonchev–Trinajstić information content (AvgIpc) is 2.86. The molecule has 0 spiro atoms. The fourth-order valence-corrected chi connectivity index (χ4v) is 1.64. The van der Waals surface area contributed by atoms with E-state index >= 15 is 0 Å². The van der Waals surface area contributed by atoms with Crippen LogP contribution in [0, 0.1) is 20.8 Å². The van der Waals surface area contributed by atoms with Crippen LogP contribution in [-0.2, 0) is 0 Å². The first-order chi connectivity index (χ1) is 8.90. The van der Waals surface area contributed by atoms with E-state index in [2.05, 4.69) is 15.6 Å². The standard InChI is InChI=1S/C11H12F2N4O2/c1-5-4-8(15-17(5)11(12)13)10(18)14-9-6(2)16-19-7(9)3/h4,11H,1-3H3,(H,14,18). The van der Waals surface area contributed by atoms with Crippen molar-refractivity contribution >= 4 is 11.6 Å². The first-order valence-electron chi connectivity index (χ1n) is 5.48. The SMILES string of the molecule is Cc1noc(C)c1NC(=O)c1cc(C)n(C(F)F)n1. The maximum atomic E-state index is 12.6. The van der Waals surface area contributed by atoms with Gasteiger partial charge in [-0.15, -0.1) is 0 Å². The maximum Gasteiger partial charge on any atom is 0.333 e. The lowest BCUT2D eigenvalue weighted by molar-refractivity contribution is 0.0540. The zero-order valence-corrected chi connectivity index (χ0v) is 10.6. The van der Waals surface area contributed by atoms with Crippen molar-refractivity contribution in [3.63, 3.8) is 0 Å². The molecule has 0 bridgehead atoms. The Morgan fingerprint density at radius 2 is 2.11 bits per heavy atom. The molecule has 19 heavy (non-hydrogen) atoms. The van der Waals surface area contributed by atoms with Gasteiger partial charge in [0.1, 0.15) is 11.4 Å². The van der Waals surface area contributed by atoms with Crippen molar-refractivity contribution < 1.29 is 18.1 Å². The maximum absolute atomic E-state index is 12.6. The van der Waals surface area contributed by atoms with Crippen LogP contribution < -0.4 is 5.32 Å². The van der Waals surface area contributed by atoms with Crippen LogP contribution in [0.5, 0.6) is 0 Å². The molecule has 0 atom stereocenters. The number of aryl methyl sites for hydroxylation is 3. The van der Waals surface area contributed by atoms with Crippen molar-refractivity contribution in [2.45, 2.75) is 27.3 Å². The van der Waals surface area contributed by atoms with E-state index in [-0.39, 0.29) is 11.4 Å². The van der Waals surface area contributed by atoms with Crippen molar-refractivity contribution in [2.75, 3.05) is 5.32 Å². The molecule has 0 aliphatic heterocycles. The summed E-state index contributed by atoms with van der Waals surface area (Å²) in [6, 6.07) is 1.29. The highest BCUT2D eigenvalue weighted by atomic mass is 19.3. The van der Waals surface area contributed by atoms with Gasteiger partial charge in [0.05, 0.1) is 0 Å². The molecule has 0 radical (unpaired) electrons. The summed E-state index contributed by atoms with van der Waals surface area (Å²) in [7, 11) is 0. The Balaban J connectivity index is 2.23. The van der Waals surface area contributed by atoms with Gasteiger partial charge in [-0.25, -0.2) is 4.68 Å². The van der Waals surface area contributed by atoms with Crippen LogP contribution in [0.15, 0.2) is 10.6 Å². The van der Waals surface area contributed by atoms with E-state index in [4.69, 9.17) is 4.52 Å². The molecule has 0 saturated carbocycles. The molecule has 102 valence electrons. The van der Waals surface area contributed by atoms with Crippen LogP contribution in [0.4, 0.5) is 14.5 Å². The van der Waals surface area contributed by atoms with Gasteiger partial charge in [0.25, 0.3) is 5.91 Å². The lowest BCUT2D eigenvalue weighted by atomic mass is 10.3. The highest BCUT2D eigenvalue weighted by molar-refractivity contribution is 6.03. The number of nitrogens with one attached hydrogen (secondary N) is 1. The average molecular weight is 270 g/mol. The number of hydrogen-bond donors (Lipinski definition) is 1. The first-order valence-corrected chi connectivity index (χ1v) is 5.48. The second-order valence-electron chi connectivity index (χ2n) is 4.05. The van der Waals surface area contributed by atoms with E-state index in [1.807, 2.05) is 0 Å². The van der Waals surface area contributed by atoms with E-state index < -0.39 is 12.5 Å². The predicted molar refractivity (Wildman–Crippen MR) is 62.1 cm³/mol. The molecule has 0 aromatic carbocycles. The van der Waals surface area contributed by atoms with Crippen molar-refractivity contribution in [3.05, 3.63) is 28.9 Å². The number of alkyl halides is 2. The minimum absolute atomic E-state index is 0.0854. The molecule has 2 aromatic heterocycles. The summed E-state index contributed by atoms with van der Waals surface area (Å²) in [6.07, 6.45) is 0. The quantitative estimate of drug-likeness (QED) is 0.929. The summed E-state index contributed by atoms with van der Waals surface area (Å²) in [6.45, 7) is 1.97. The van der Waals surface area contributed by atoms with Crippen LogP contribution in [-0.4, -0.2) is 20.8 Å². The Morgan fingerprint density at radius 1 is 1.42 bits per heavy atom. The minimum Gasteiger partial charge on any atom is -0.359 e. The highest BCUT2D eigenvalue weighted by Crippen LogP contribution is 2.20. The van der Waals surface area contributed by atoms with E-state index in [0.29, 0.717) is 21.8 Å². The molecule has 2 aromatic rings. The molecular weight excluding hydrogens is 258 g/mol. The number of halogens is 2. The topological polar surface area (TPSA) is 73.0 Å². The molecule has 0 saturated heterocycles. The lowest BCUT2D eigenvalue weighted by Crippen LogP contribution is -2.14. The summed E-state index contributed by atoms with van der Waals surface area (Å²) >= 11 is 0. The zero-order valence-electron chi connectivity index (χ0n) is 10.6. The normalized spacial score (nSPS) is 11.1. The number of anilines is 1. The van der Waals surface area contributed by atoms with Crippen molar-refractivity contribution in [2.24, 2.45) is 0 Å². The number of carbonyl (C=O) groups is 1. The van der Waals surface area contributed by atoms with E-state index in [1.165, 1.54) is 13.0 Å². The highest BCUT2D eigenvalue weighted by Gasteiger charge is 2.19. The molecule has 0 aliphatic rings. The molecule has 0 fully saturated rings. The van der Waals surface area contributed by atoms with E-state index in [1.54, 1.807) is 13.8 Å². The molecular formula is C11H12F2N4O2. The van der Waals surface area contributed by atoms with Gasteiger partial charge < -0.3 is 9.84 Å². The minimum atomic E-state index is -2.78. The predicted octanol–water partition coefficient (Wildman–Crippen LogP) is 2.44. The van der Waals surface area contributed by atoms with Crippen LogP contribution in [0.25, 0.3) is 0 Å². The summed E-state index contributed by atoms with van der Waals surface area (Å²) < 4.78 is 30.5. The molecule has 1 amide bonds. The van der Waals surface area contributed by atoms with Crippen molar-refractivity contribution in [1.29, 1.82) is 0 Å². The largest absolute Gasteiger partial charge is 0.359 e. The Labute approximate surface area is 107 Å². The van der Waals surface area contributed by atoms with Gasteiger partial charge in [-0.1, -0.05) is 5.16 Å². The smallest absolute Gasteiger partial charge is 0.333 e. The monoisotopic (exact) mass is 270 g/mol. The molecule has 2 rings (SSSR count). The fourth-order valence-electron chi connectivity index (χ4n) is 1.64. The van der Waals surface area contributed by atoms with Gasteiger partial charge in [-0.2, -0.15) is 13.9 Å². The molecule has 0 aliphatic carbocycles.